The van der Waals surface area contributed by atoms with E-state index in [1.54, 1.807) is 12.1 Å². The molecule has 0 radical (unpaired) electrons. The zero-order valence-electron chi connectivity index (χ0n) is 9.99. The average molecular weight is 272 g/mol. The molecule has 0 aliphatic carbocycles. The Kier molecular flexibility index (Phi) is 2.35. The highest BCUT2D eigenvalue weighted by Crippen LogP contribution is 2.53. The smallest absolute Gasteiger partial charge is 0.371 e. The molecule has 7 heteroatoms. The lowest BCUT2D eigenvalue weighted by atomic mass is 10.1. The third-order valence-corrected chi connectivity index (χ3v) is 3.60. The maximum Gasteiger partial charge on any atom is 0.430 e. The first-order valence-corrected chi connectivity index (χ1v) is 5.71. The number of methoxy groups -OCH3 is 1. The van der Waals surface area contributed by atoms with E-state index in [1.807, 2.05) is 0 Å². The van der Waals surface area contributed by atoms with E-state index >= 15 is 0 Å². The van der Waals surface area contributed by atoms with Gasteiger partial charge in [0.15, 0.2) is 0 Å². The van der Waals surface area contributed by atoms with Gasteiger partial charge in [-0.25, -0.2) is 0 Å². The Morgan fingerprint density at radius 3 is 2.74 bits per heavy atom. The SMILES string of the molecule is COC1CC2(C(F)(F)F)Nc3ccccc3N2C1=O. The predicted molar refractivity (Wildman–Crippen MR) is 61.8 cm³/mol. The Bertz CT molecular complexity index is 546. The number of benzene rings is 1. The number of hydrogen-bond donors (Lipinski definition) is 1. The Hall–Kier alpha value is -1.76. The highest BCUT2D eigenvalue weighted by Gasteiger charge is 2.69. The second-order valence-electron chi connectivity index (χ2n) is 4.60. The van der Waals surface area contributed by atoms with Crippen molar-refractivity contribution in [3.8, 4) is 0 Å². The number of anilines is 2. The lowest BCUT2D eigenvalue weighted by Gasteiger charge is -2.33. The molecule has 1 aromatic rings. The van der Waals surface area contributed by atoms with Crippen LogP contribution in [0.2, 0.25) is 0 Å². The predicted octanol–water partition coefficient (Wildman–Crippen LogP) is 2.12. The Labute approximate surface area is 107 Å². The summed E-state index contributed by atoms with van der Waals surface area (Å²) in [4.78, 5) is 12.9. The molecule has 4 nitrogen and oxygen atoms in total. The molecular weight excluding hydrogens is 261 g/mol. The molecule has 1 fully saturated rings. The van der Waals surface area contributed by atoms with Crippen molar-refractivity contribution >= 4 is 17.3 Å². The van der Waals surface area contributed by atoms with Crippen molar-refractivity contribution < 1.29 is 22.7 Å². The third-order valence-electron chi connectivity index (χ3n) is 3.60. The van der Waals surface area contributed by atoms with Crippen LogP contribution in [-0.4, -0.2) is 31.0 Å². The molecule has 2 atom stereocenters. The molecule has 3 rings (SSSR count). The van der Waals surface area contributed by atoms with Crippen LogP contribution in [0.3, 0.4) is 0 Å². The fraction of sp³-hybridized carbons (Fsp3) is 0.417. The van der Waals surface area contributed by atoms with Gasteiger partial charge < -0.3 is 10.1 Å². The van der Waals surface area contributed by atoms with E-state index in [9.17, 15) is 18.0 Å². The van der Waals surface area contributed by atoms with Crippen molar-refractivity contribution in [2.24, 2.45) is 0 Å². The molecule has 2 heterocycles. The standard InChI is InChI=1S/C12H11F3N2O2/c1-19-9-6-11(12(13,14)15)16-7-4-2-3-5-8(7)17(11)10(9)18/h2-5,9,16H,6H2,1H3. The van der Waals surface area contributed by atoms with Gasteiger partial charge in [-0.2, -0.15) is 13.2 Å². The number of hydrogen-bond acceptors (Lipinski definition) is 3. The van der Waals surface area contributed by atoms with Crippen LogP contribution >= 0.6 is 0 Å². The molecule has 0 aromatic heterocycles. The number of nitrogens with zero attached hydrogens (tertiary/aromatic N) is 1. The van der Waals surface area contributed by atoms with E-state index in [1.165, 1.54) is 19.2 Å². The first-order chi connectivity index (χ1) is 8.90. The average Bonchev–Trinajstić information content (AvgIpc) is 2.82. The van der Waals surface area contributed by atoms with E-state index in [0.717, 1.165) is 4.90 Å². The van der Waals surface area contributed by atoms with E-state index in [2.05, 4.69) is 5.32 Å². The number of rotatable bonds is 1. The van der Waals surface area contributed by atoms with Gasteiger partial charge >= 0.3 is 6.18 Å². The maximum absolute atomic E-state index is 13.4. The van der Waals surface area contributed by atoms with Crippen molar-refractivity contribution in [3.05, 3.63) is 24.3 Å². The molecule has 2 aliphatic heterocycles. The molecule has 0 spiro atoms. The van der Waals surface area contributed by atoms with Crippen molar-refractivity contribution in [3.63, 3.8) is 0 Å². The second-order valence-corrected chi connectivity index (χ2v) is 4.60. The molecule has 1 aromatic carbocycles. The quantitative estimate of drug-likeness (QED) is 0.851. The summed E-state index contributed by atoms with van der Waals surface area (Å²) in [6, 6.07) is 6.23. The number of carbonyl (C=O) groups excluding carboxylic acids is 1. The normalized spacial score (nSPS) is 29.2. The van der Waals surface area contributed by atoms with E-state index in [-0.39, 0.29) is 5.69 Å². The van der Waals surface area contributed by atoms with E-state index in [0.29, 0.717) is 5.69 Å². The third kappa shape index (κ3) is 1.42. The van der Waals surface area contributed by atoms with Crippen LogP contribution in [0.15, 0.2) is 24.3 Å². The number of nitrogens with one attached hydrogen (secondary N) is 1. The molecule has 19 heavy (non-hydrogen) atoms. The number of alkyl halides is 3. The van der Waals surface area contributed by atoms with E-state index < -0.39 is 30.3 Å². The Balaban J connectivity index is 2.16. The minimum Gasteiger partial charge on any atom is -0.371 e. The van der Waals surface area contributed by atoms with Gasteiger partial charge in [-0.3, -0.25) is 9.69 Å². The zero-order valence-corrected chi connectivity index (χ0v) is 9.99. The highest BCUT2D eigenvalue weighted by molar-refractivity contribution is 6.06. The largest absolute Gasteiger partial charge is 0.430 e. The van der Waals surface area contributed by atoms with Crippen LogP contribution in [0, 0.1) is 0 Å². The van der Waals surface area contributed by atoms with Crippen LogP contribution in [0.25, 0.3) is 0 Å². The van der Waals surface area contributed by atoms with Crippen molar-refractivity contribution in [2.45, 2.75) is 24.4 Å². The second kappa shape index (κ2) is 3.63. The Morgan fingerprint density at radius 1 is 1.42 bits per heavy atom. The highest BCUT2D eigenvalue weighted by atomic mass is 19.4. The summed E-state index contributed by atoms with van der Waals surface area (Å²) in [7, 11) is 1.24. The van der Waals surface area contributed by atoms with Gasteiger partial charge in [0.05, 0.1) is 11.4 Å². The van der Waals surface area contributed by atoms with Crippen molar-refractivity contribution in [2.75, 3.05) is 17.3 Å². The summed E-state index contributed by atoms with van der Waals surface area (Å²) in [6.07, 6.45) is -6.13. The zero-order chi connectivity index (χ0) is 13.8. The molecule has 1 saturated heterocycles. The van der Waals surface area contributed by atoms with Crippen LogP contribution in [0.1, 0.15) is 6.42 Å². The molecule has 2 unspecified atom stereocenters. The molecule has 1 N–H and O–H groups in total. The summed E-state index contributed by atoms with van der Waals surface area (Å²) >= 11 is 0. The topological polar surface area (TPSA) is 41.6 Å². The van der Waals surface area contributed by atoms with Crippen LogP contribution in [0.5, 0.6) is 0 Å². The van der Waals surface area contributed by atoms with Gasteiger partial charge in [-0.1, -0.05) is 12.1 Å². The summed E-state index contributed by atoms with van der Waals surface area (Å²) in [6.45, 7) is 0. The lowest BCUT2D eigenvalue weighted by molar-refractivity contribution is -0.176. The fourth-order valence-electron chi connectivity index (χ4n) is 2.70. The summed E-state index contributed by atoms with van der Waals surface area (Å²) < 4.78 is 45.2. The molecular formula is C12H11F3N2O2. The van der Waals surface area contributed by atoms with Crippen molar-refractivity contribution in [1.29, 1.82) is 0 Å². The number of fused-ring (bicyclic) bond motifs is 3. The van der Waals surface area contributed by atoms with E-state index in [4.69, 9.17) is 4.74 Å². The molecule has 0 saturated carbocycles. The molecule has 1 amide bonds. The van der Waals surface area contributed by atoms with Crippen LogP contribution < -0.4 is 10.2 Å². The van der Waals surface area contributed by atoms with Crippen molar-refractivity contribution in [1.82, 2.24) is 0 Å². The summed E-state index contributed by atoms with van der Waals surface area (Å²) in [5.74, 6) is -0.669. The maximum atomic E-state index is 13.4. The number of carbonyl (C=O) groups is 1. The fourth-order valence-corrected chi connectivity index (χ4v) is 2.70. The monoisotopic (exact) mass is 272 g/mol. The summed E-state index contributed by atoms with van der Waals surface area (Å²) in [5.41, 5.74) is -1.85. The van der Waals surface area contributed by atoms with Gasteiger partial charge in [0.2, 0.25) is 5.66 Å². The van der Waals surface area contributed by atoms with Gasteiger partial charge in [-0.15, -0.1) is 0 Å². The lowest BCUT2D eigenvalue weighted by Crippen LogP contribution is -2.58. The first-order valence-electron chi connectivity index (χ1n) is 5.71. The molecule has 2 aliphatic rings. The summed E-state index contributed by atoms with van der Waals surface area (Å²) in [5, 5.41) is 2.44. The van der Waals surface area contributed by atoms with Crippen LogP contribution in [-0.2, 0) is 9.53 Å². The number of para-hydroxylation sites is 2. The number of halogens is 3. The minimum atomic E-state index is -4.59. The molecule has 102 valence electrons. The number of amides is 1. The van der Waals surface area contributed by atoms with Gasteiger partial charge in [0.1, 0.15) is 6.10 Å². The Morgan fingerprint density at radius 2 is 2.11 bits per heavy atom. The van der Waals surface area contributed by atoms with Gasteiger partial charge in [0, 0.05) is 13.5 Å². The van der Waals surface area contributed by atoms with Gasteiger partial charge in [-0.05, 0) is 12.1 Å². The molecule has 0 bridgehead atoms. The van der Waals surface area contributed by atoms with Crippen LogP contribution in [0.4, 0.5) is 24.5 Å². The minimum absolute atomic E-state index is 0.240. The van der Waals surface area contributed by atoms with Gasteiger partial charge in [0.25, 0.3) is 5.91 Å². The first kappa shape index (κ1) is 12.3. The number of ether oxygens (including phenoxy) is 1.